The van der Waals surface area contributed by atoms with E-state index in [0.29, 0.717) is 0 Å². The SMILES string of the molecule is CC(C)(C)OC(=O)C1CCC(C2CCCCC2)CN1. The predicted octanol–water partition coefficient (Wildman–Crippen LogP) is 3.28. The summed E-state index contributed by atoms with van der Waals surface area (Å²) in [6.07, 6.45) is 9.12. The van der Waals surface area contributed by atoms with Crippen molar-refractivity contribution in [1.29, 1.82) is 0 Å². The predicted molar refractivity (Wildman–Crippen MR) is 76.9 cm³/mol. The first-order valence-corrected chi connectivity index (χ1v) is 7.92. The van der Waals surface area contributed by atoms with Crippen LogP contribution in [0.1, 0.15) is 65.7 Å². The molecule has 110 valence electrons. The minimum absolute atomic E-state index is 0.0744. The van der Waals surface area contributed by atoms with Gasteiger partial charge in [0.05, 0.1) is 0 Å². The Bertz CT molecular complexity index is 294. The van der Waals surface area contributed by atoms with Crippen LogP contribution < -0.4 is 5.32 Å². The van der Waals surface area contributed by atoms with Gasteiger partial charge in [0.2, 0.25) is 0 Å². The van der Waals surface area contributed by atoms with E-state index in [9.17, 15) is 4.79 Å². The molecule has 2 rings (SSSR count). The highest BCUT2D eigenvalue weighted by molar-refractivity contribution is 5.76. The maximum Gasteiger partial charge on any atom is 0.323 e. The summed E-state index contributed by atoms with van der Waals surface area (Å²) >= 11 is 0. The monoisotopic (exact) mass is 267 g/mol. The zero-order valence-electron chi connectivity index (χ0n) is 12.7. The molecule has 2 fully saturated rings. The molecular formula is C16H29NO2. The van der Waals surface area contributed by atoms with E-state index in [4.69, 9.17) is 4.74 Å². The van der Waals surface area contributed by atoms with E-state index in [1.165, 1.54) is 38.5 Å². The highest BCUT2D eigenvalue weighted by Gasteiger charge is 2.32. The second kappa shape index (κ2) is 6.25. The molecule has 1 saturated heterocycles. The Morgan fingerprint density at radius 3 is 2.21 bits per heavy atom. The summed E-state index contributed by atoms with van der Waals surface area (Å²) < 4.78 is 5.46. The Kier molecular flexibility index (Phi) is 4.88. The largest absolute Gasteiger partial charge is 0.459 e. The fourth-order valence-electron chi connectivity index (χ4n) is 3.46. The van der Waals surface area contributed by atoms with E-state index in [-0.39, 0.29) is 17.6 Å². The Labute approximate surface area is 117 Å². The van der Waals surface area contributed by atoms with Crippen LogP contribution in [0.5, 0.6) is 0 Å². The van der Waals surface area contributed by atoms with Gasteiger partial charge in [-0.3, -0.25) is 4.79 Å². The van der Waals surface area contributed by atoms with Crippen molar-refractivity contribution in [3.05, 3.63) is 0 Å². The van der Waals surface area contributed by atoms with Crippen LogP contribution in [-0.2, 0) is 9.53 Å². The molecule has 1 aliphatic heterocycles. The van der Waals surface area contributed by atoms with Crippen molar-refractivity contribution in [1.82, 2.24) is 5.32 Å². The van der Waals surface area contributed by atoms with Gasteiger partial charge in [-0.15, -0.1) is 0 Å². The fourth-order valence-corrected chi connectivity index (χ4v) is 3.46. The number of esters is 1. The molecule has 0 bridgehead atoms. The standard InChI is InChI=1S/C16H29NO2/c1-16(2,3)19-15(18)14-10-9-13(11-17-14)12-7-5-4-6-8-12/h12-14,17H,4-11H2,1-3H3. The van der Waals surface area contributed by atoms with E-state index in [2.05, 4.69) is 5.32 Å². The van der Waals surface area contributed by atoms with Gasteiger partial charge in [0.15, 0.2) is 0 Å². The Morgan fingerprint density at radius 1 is 1.00 bits per heavy atom. The third kappa shape index (κ3) is 4.48. The maximum atomic E-state index is 12.0. The molecule has 1 heterocycles. The number of rotatable bonds is 2. The lowest BCUT2D eigenvalue weighted by molar-refractivity contribution is -0.158. The lowest BCUT2D eigenvalue weighted by atomic mass is 9.76. The van der Waals surface area contributed by atoms with Gasteiger partial charge in [-0.1, -0.05) is 32.1 Å². The second-order valence-electron chi connectivity index (χ2n) is 7.23. The molecule has 3 nitrogen and oxygen atoms in total. The molecule has 19 heavy (non-hydrogen) atoms. The first kappa shape index (κ1) is 14.8. The van der Waals surface area contributed by atoms with Crippen LogP contribution >= 0.6 is 0 Å². The molecule has 0 spiro atoms. The lowest BCUT2D eigenvalue weighted by Gasteiger charge is -2.36. The highest BCUT2D eigenvalue weighted by Crippen LogP contribution is 2.34. The third-order valence-electron chi connectivity index (χ3n) is 4.46. The Morgan fingerprint density at radius 2 is 1.68 bits per heavy atom. The van der Waals surface area contributed by atoms with Crippen LogP contribution in [0.25, 0.3) is 0 Å². The van der Waals surface area contributed by atoms with Gasteiger partial charge in [-0.25, -0.2) is 0 Å². The molecule has 3 heteroatoms. The van der Waals surface area contributed by atoms with Crippen LogP contribution in [0.4, 0.5) is 0 Å². The van der Waals surface area contributed by atoms with Crippen molar-refractivity contribution < 1.29 is 9.53 Å². The van der Waals surface area contributed by atoms with E-state index in [1.807, 2.05) is 20.8 Å². The number of carbonyl (C=O) groups excluding carboxylic acids is 1. The smallest absolute Gasteiger partial charge is 0.323 e. The molecule has 0 aromatic carbocycles. The minimum atomic E-state index is -0.376. The summed E-state index contributed by atoms with van der Waals surface area (Å²) in [5.41, 5.74) is -0.376. The quantitative estimate of drug-likeness (QED) is 0.780. The zero-order chi connectivity index (χ0) is 13.9. The maximum absolute atomic E-state index is 12.0. The van der Waals surface area contributed by atoms with E-state index in [0.717, 1.165) is 24.8 Å². The number of ether oxygens (including phenoxy) is 1. The average molecular weight is 267 g/mol. The van der Waals surface area contributed by atoms with Crippen LogP contribution in [0.3, 0.4) is 0 Å². The van der Waals surface area contributed by atoms with E-state index >= 15 is 0 Å². The van der Waals surface area contributed by atoms with Gasteiger partial charge in [0, 0.05) is 0 Å². The van der Waals surface area contributed by atoms with Crippen molar-refractivity contribution in [3.8, 4) is 0 Å². The molecule has 0 radical (unpaired) electrons. The van der Waals surface area contributed by atoms with Gasteiger partial charge in [-0.2, -0.15) is 0 Å². The first-order chi connectivity index (χ1) is 8.96. The van der Waals surface area contributed by atoms with Crippen molar-refractivity contribution >= 4 is 5.97 Å². The van der Waals surface area contributed by atoms with Crippen LogP contribution in [0, 0.1) is 11.8 Å². The molecule has 1 N–H and O–H groups in total. The Hall–Kier alpha value is -0.570. The molecular weight excluding hydrogens is 238 g/mol. The number of hydrogen-bond acceptors (Lipinski definition) is 3. The molecule has 1 aliphatic carbocycles. The summed E-state index contributed by atoms with van der Waals surface area (Å²) in [4.78, 5) is 12.0. The summed E-state index contributed by atoms with van der Waals surface area (Å²) in [7, 11) is 0. The summed E-state index contributed by atoms with van der Waals surface area (Å²) in [6, 6.07) is -0.0842. The topological polar surface area (TPSA) is 38.3 Å². The number of piperidine rings is 1. The molecule has 2 atom stereocenters. The van der Waals surface area contributed by atoms with Crippen molar-refractivity contribution in [2.45, 2.75) is 77.4 Å². The normalized spacial score (nSPS) is 30.1. The van der Waals surface area contributed by atoms with E-state index in [1.54, 1.807) is 0 Å². The lowest BCUT2D eigenvalue weighted by Crippen LogP contribution is -2.48. The third-order valence-corrected chi connectivity index (χ3v) is 4.46. The van der Waals surface area contributed by atoms with Crippen molar-refractivity contribution in [3.63, 3.8) is 0 Å². The van der Waals surface area contributed by atoms with Crippen LogP contribution in [0.2, 0.25) is 0 Å². The van der Waals surface area contributed by atoms with E-state index < -0.39 is 0 Å². The zero-order valence-corrected chi connectivity index (χ0v) is 12.7. The van der Waals surface area contributed by atoms with Crippen LogP contribution in [0.15, 0.2) is 0 Å². The van der Waals surface area contributed by atoms with Gasteiger partial charge >= 0.3 is 5.97 Å². The number of hydrogen-bond donors (Lipinski definition) is 1. The molecule has 2 aliphatic rings. The summed E-state index contributed by atoms with van der Waals surface area (Å²) in [6.45, 7) is 6.78. The van der Waals surface area contributed by atoms with Crippen LogP contribution in [-0.4, -0.2) is 24.2 Å². The van der Waals surface area contributed by atoms with Gasteiger partial charge in [0.25, 0.3) is 0 Å². The average Bonchev–Trinajstić information content (AvgIpc) is 2.38. The van der Waals surface area contributed by atoms with Gasteiger partial charge in [0.1, 0.15) is 11.6 Å². The minimum Gasteiger partial charge on any atom is -0.459 e. The number of nitrogens with one attached hydrogen (secondary N) is 1. The summed E-state index contributed by atoms with van der Waals surface area (Å²) in [5.74, 6) is 1.59. The molecule has 0 amide bonds. The molecule has 0 aromatic rings. The second-order valence-corrected chi connectivity index (χ2v) is 7.23. The van der Waals surface area contributed by atoms with Crippen molar-refractivity contribution in [2.75, 3.05) is 6.54 Å². The Balaban J connectivity index is 1.77. The molecule has 0 aromatic heterocycles. The molecule has 2 unspecified atom stereocenters. The first-order valence-electron chi connectivity index (χ1n) is 7.92. The summed E-state index contributed by atoms with van der Waals surface area (Å²) in [5, 5.41) is 3.41. The van der Waals surface area contributed by atoms with Gasteiger partial charge in [-0.05, 0) is 52.0 Å². The molecule has 1 saturated carbocycles. The number of carbonyl (C=O) groups is 1. The van der Waals surface area contributed by atoms with Gasteiger partial charge < -0.3 is 10.1 Å². The highest BCUT2D eigenvalue weighted by atomic mass is 16.6. The fraction of sp³-hybridized carbons (Fsp3) is 0.938. The van der Waals surface area contributed by atoms with Crippen molar-refractivity contribution in [2.24, 2.45) is 11.8 Å².